The summed E-state index contributed by atoms with van der Waals surface area (Å²) in [6.45, 7) is 4.70. The summed E-state index contributed by atoms with van der Waals surface area (Å²) in [6.07, 6.45) is 0. The van der Waals surface area contributed by atoms with Gasteiger partial charge in [-0.15, -0.1) is 0 Å². The molecular formula is C53H37NO. The maximum atomic E-state index is 6.18. The van der Waals surface area contributed by atoms with Crippen LogP contribution in [0.2, 0.25) is 0 Å². The van der Waals surface area contributed by atoms with Gasteiger partial charge in [0.2, 0.25) is 0 Å². The van der Waals surface area contributed by atoms with Gasteiger partial charge in [0.1, 0.15) is 11.2 Å². The van der Waals surface area contributed by atoms with Crippen LogP contribution in [-0.2, 0) is 5.41 Å². The van der Waals surface area contributed by atoms with Gasteiger partial charge in [-0.05, 0) is 127 Å². The predicted molar refractivity (Wildman–Crippen MR) is 232 cm³/mol. The van der Waals surface area contributed by atoms with Crippen LogP contribution in [0.3, 0.4) is 0 Å². The normalized spacial score (nSPS) is 13.1. The first kappa shape index (κ1) is 31.6. The molecule has 0 radical (unpaired) electrons. The monoisotopic (exact) mass is 703 g/mol. The fourth-order valence-electron chi connectivity index (χ4n) is 9.01. The molecular weight excluding hydrogens is 667 g/mol. The molecule has 11 rings (SSSR count). The highest BCUT2D eigenvalue weighted by Crippen LogP contribution is 2.51. The topological polar surface area (TPSA) is 16.4 Å². The number of hydrogen-bond acceptors (Lipinski definition) is 2. The standard InChI is InChI=1S/C53H37NO/c1-53(2)48-16-7-5-14-45(48)46-28-26-43(33-49(46)53)54(42-13-9-12-37(32-42)39-19-18-34-10-3-4-11-36(34)30-39)41-24-20-35(21-25-41)38-22-27-44-40(31-38)23-29-51-52(44)47-15-6-8-17-50(47)55-51/h3-33H,1-2H3. The van der Waals surface area contributed by atoms with E-state index in [4.69, 9.17) is 4.42 Å². The van der Waals surface area contributed by atoms with Crippen molar-refractivity contribution in [1.82, 2.24) is 0 Å². The zero-order valence-corrected chi connectivity index (χ0v) is 30.8. The summed E-state index contributed by atoms with van der Waals surface area (Å²) < 4.78 is 6.18. The van der Waals surface area contributed by atoms with E-state index in [2.05, 4.69) is 195 Å². The molecule has 0 fully saturated rings. The first-order valence-electron chi connectivity index (χ1n) is 19.1. The lowest BCUT2D eigenvalue weighted by Crippen LogP contribution is -2.16. The Morgan fingerprint density at radius 1 is 0.382 bits per heavy atom. The highest BCUT2D eigenvalue weighted by molar-refractivity contribution is 6.19. The second-order valence-electron chi connectivity index (χ2n) is 15.4. The summed E-state index contributed by atoms with van der Waals surface area (Å²) >= 11 is 0. The van der Waals surface area contributed by atoms with Crippen LogP contribution in [0.4, 0.5) is 17.1 Å². The van der Waals surface area contributed by atoms with Crippen molar-refractivity contribution in [1.29, 1.82) is 0 Å². The lowest BCUT2D eigenvalue weighted by molar-refractivity contribution is 0.660. The molecule has 2 nitrogen and oxygen atoms in total. The molecule has 0 unspecified atom stereocenters. The molecule has 9 aromatic carbocycles. The molecule has 1 aliphatic rings. The van der Waals surface area contributed by atoms with Crippen LogP contribution < -0.4 is 4.90 Å². The fourth-order valence-corrected chi connectivity index (χ4v) is 9.01. The third kappa shape index (κ3) is 5.02. The molecule has 0 atom stereocenters. The number of hydrogen-bond donors (Lipinski definition) is 0. The van der Waals surface area contributed by atoms with Crippen molar-refractivity contribution in [2.24, 2.45) is 0 Å². The molecule has 0 bridgehead atoms. The number of furan rings is 1. The third-order valence-corrected chi connectivity index (χ3v) is 11.8. The third-order valence-electron chi connectivity index (χ3n) is 11.8. The minimum Gasteiger partial charge on any atom is -0.456 e. The zero-order chi connectivity index (χ0) is 36.7. The minimum atomic E-state index is -0.102. The highest BCUT2D eigenvalue weighted by Gasteiger charge is 2.35. The largest absolute Gasteiger partial charge is 0.456 e. The summed E-state index contributed by atoms with van der Waals surface area (Å²) in [5.41, 5.74) is 15.3. The van der Waals surface area contributed by atoms with E-state index in [1.807, 2.05) is 12.1 Å². The van der Waals surface area contributed by atoms with Crippen molar-refractivity contribution in [2.45, 2.75) is 19.3 Å². The summed E-state index contributed by atoms with van der Waals surface area (Å²) in [4.78, 5) is 2.41. The number of rotatable bonds is 5. The second kappa shape index (κ2) is 12.1. The van der Waals surface area contributed by atoms with Gasteiger partial charge in [-0.1, -0.05) is 141 Å². The number of para-hydroxylation sites is 1. The lowest BCUT2D eigenvalue weighted by atomic mass is 9.82. The molecule has 260 valence electrons. The Labute approximate surface area is 320 Å². The van der Waals surface area contributed by atoms with Crippen molar-refractivity contribution < 1.29 is 4.42 Å². The van der Waals surface area contributed by atoms with E-state index in [1.165, 1.54) is 71.4 Å². The zero-order valence-electron chi connectivity index (χ0n) is 30.8. The van der Waals surface area contributed by atoms with Crippen molar-refractivity contribution in [2.75, 3.05) is 4.90 Å². The second-order valence-corrected chi connectivity index (χ2v) is 15.4. The maximum Gasteiger partial charge on any atom is 0.136 e. The Balaban J connectivity index is 1.02. The molecule has 1 heterocycles. The molecule has 0 saturated carbocycles. The quantitative estimate of drug-likeness (QED) is 0.177. The number of benzene rings is 9. The molecule has 0 aliphatic heterocycles. The average molecular weight is 704 g/mol. The van der Waals surface area contributed by atoms with Crippen molar-refractivity contribution in [3.63, 3.8) is 0 Å². The molecule has 1 aliphatic carbocycles. The SMILES string of the molecule is CC1(C)c2ccccc2-c2ccc(N(c3ccc(-c4ccc5c(ccc6oc7ccccc7c65)c4)cc3)c3cccc(-c4ccc5ccccc5c4)c3)cc21. The summed E-state index contributed by atoms with van der Waals surface area (Å²) in [7, 11) is 0. The van der Waals surface area contributed by atoms with Gasteiger partial charge in [0.05, 0.1) is 0 Å². The Kier molecular flexibility index (Phi) is 6.93. The van der Waals surface area contributed by atoms with Gasteiger partial charge in [-0.25, -0.2) is 0 Å². The van der Waals surface area contributed by atoms with E-state index in [-0.39, 0.29) is 5.41 Å². The van der Waals surface area contributed by atoms with Crippen LogP contribution >= 0.6 is 0 Å². The summed E-state index contributed by atoms with van der Waals surface area (Å²) in [6, 6.07) is 68.6. The molecule has 2 heteroatoms. The molecule has 0 saturated heterocycles. The van der Waals surface area contributed by atoms with E-state index >= 15 is 0 Å². The number of anilines is 3. The smallest absolute Gasteiger partial charge is 0.136 e. The van der Waals surface area contributed by atoms with Gasteiger partial charge >= 0.3 is 0 Å². The minimum absolute atomic E-state index is 0.102. The van der Waals surface area contributed by atoms with Gasteiger partial charge in [0, 0.05) is 33.2 Å². The van der Waals surface area contributed by atoms with Crippen LogP contribution in [0, 0.1) is 0 Å². The van der Waals surface area contributed by atoms with Gasteiger partial charge in [-0.2, -0.15) is 0 Å². The van der Waals surface area contributed by atoms with Crippen LogP contribution in [0.25, 0.3) is 76.9 Å². The van der Waals surface area contributed by atoms with Crippen LogP contribution in [-0.4, -0.2) is 0 Å². The fraction of sp³-hybridized carbons (Fsp3) is 0.0566. The molecule has 0 spiro atoms. The van der Waals surface area contributed by atoms with Crippen LogP contribution in [0.1, 0.15) is 25.0 Å². The Morgan fingerprint density at radius 2 is 1.04 bits per heavy atom. The van der Waals surface area contributed by atoms with E-state index < -0.39 is 0 Å². The number of nitrogens with zero attached hydrogens (tertiary/aromatic N) is 1. The molecule has 0 amide bonds. The Morgan fingerprint density at radius 3 is 1.95 bits per heavy atom. The average Bonchev–Trinajstić information content (AvgIpc) is 3.73. The lowest BCUT2D eigenvalue weighted by Gasteiger charge is -2.28. The molecule has 55 heavy (non-hydrogen) atoms. The molecule has 0 N–H and O–H groups in total. The highest BCUT2D eigenvalue weighted by atomic mass is 16.3. The maximum absolute atomic E-state index is 6.18. The Bertz CT molecular complexity index is 3130. The first-order chi connectivity index (χ1) is 27.0. The van der Waals surface area contributed by atoms with Crippen LogP contribution in [0.15, 0.2) is 192 Å². The van der Waals surface area contributed by atoms with Crippen molar-refractivity contribution >= 4 is 60.5 Å². The first-order valence-corrected chi connectivity index (χ1v) is 19.1. The van der Waals surface area contributed by atoms with Gasteiger partial charge in [0.25, 0.3) is 0 Å². The van der Waals surface area contributed by atoms with Crippen molar-refractivity contribution in [3.8, 4) is 33.4 Å². The summed E-state index contributed by atoms with van der Waals surface area (Å²) in [5, 5.41) is 7.24. The number of fused-ring (bicyclic) bond motifs is 9. The van der Waals surface area contributed by atoms with Gasteiger partial charge in [-0.3, -0.25) is 0 Å². The Hall–Kier alpha value is -6.90. The van der Waals surface area contributed by atoms with Gasteiger partial charge < -0.3 is 9.32 Å². The molecule has 10 aromatic rings. The van der Waals surface area contributed by atoms with Crippen LogP contribution in [0.5, 0.6) is 0 Å². The summed E-state index contributed by atoms with van der Waals surface area (Å²) in [5.74, 6) is 0. The van der Waals surface area contributed by atoms with Crippen molar-refractivity contribution in [3.05, 3.63) is 199 Å². The van der Waals surface area contributed by atoms with Gasteiger partial charge in [0.15, 0.2) is 0 Å². The molecule has 1 aromatic heterocycles. The van der Waals surface area contributed by atoms with E-state index in [0.717, 1.165) is 33.6 Å². The van der Waals surface area contributed by atoms with E-state index in [0.29, 0.717) is 0 Å². The predicted octanol–water partition coefficient (Wildman–Crippen LogP) is 15.0. The van der Waals surface area contributed by atoms with E-state index in [9.17, 15) is 0 Å². The van der Waals surface area contributed by atoms with E-state index in [1.54, 1.807) is 0 Å².